The smallest absolute Gasteiger partial charge is 0.0637 e. The molecule has 124 valence electrons. The van der Waals surface area contributed by atoms with Gasteiger partial charge in [0.1, 0.15) is 0 Å². The highest BCUT2D eigenvalue weighted by Crippen LogP contribution is 2.39. The van der Waals surface area contributed by atoms with Crippen LogP contribution in [0, 0.1) is 0 Å². The maximum Gasteiger partial charge on any atom is 0.0637 e. The van der Waals surface area contributed by atoms with Crippen molar-refractivity contribution in [1.29, 1.82) is 0 Å². The van der Waals surface area contributed by atoms with Crippen LogP contribution in [0.25, 0.3) is 0 Å². The molecular weight excluding hydrogens is 260 g/mol. The summed E-state index contributed by atoms with van der Waals surface area (Å²) in [6, 6.07) is 0.518. The van der Waals surface area contributed by atoms with Gasteiger partial charge in [0.25, 0.3) is 0 Å². The molecule has 0 aromatic rings. The van der Waals surface area contributed by atoms with E-state index in [1.54, 1.807) is 0 Å². The van der Waals surface area contributed by atoms with E-state index < -0.39 is 0 Å². The molecule has 1 heterocycles. The van der Waals surface area contributed by atoms with E-state index in [1.807, 2.05) is 0 Å². The van der Waals surface area contributed by atoms with Crippen LogP contribution in [0.5, 0.6) is 0 Å². The Morgan fingerprint density at radius 1 is 1.00 bits per heavy atom. The Hall–Kier alpha value is -0.120. The fourth-order valence-electron chi connectivity index (χ4n) is 4.28. The van der Waals surface area contributed by atoms with Crippen molar-refractivity contribution in [2.24, 2.45) is 0 Å². The number of rotatable bonds is 9. The van der Waals surface area contributed by atoms with E-state index >= 15 is 0 Å². The summed E-state index contributed by atoms with van der Waals surface area (Å²) >= 11 is 0. The molecule has 0 spiro atoms. The van der Waals surface area contributed by atoms with E-state index in [9.17, 15) is 0 Å². The first-order chi connectivity index (χ1) is 10.3. The lowest BCUT2D eigenvalue weighted by Gasteiger charge is -2.48. The van der Waals surface area contributed by atoms with Gasteiger partial charge in [0, 0.05) is 18.2 Å². The molecule has 1 atom stereocenters. The predicted octanol–water partition coefficient (Wildman–Crippen LogP) is 3.58. The van der Waals surface area contributed by atoms with Gasteiger partial charge in [-0.25, -0.2) is 0 Å². The first-order valence-corrected chi connectivity index (χ1v) is 9.39. The fraction of sp³-hybridized carbons (Fsp3) is 1.00. The van der Waals surface area contributed by atoms with E-state index in [4.69, 9.17) is 4.74 Å². The van der Waals surface area contributed by atoms with Crippen LogP contribution in [0.15, 0.2) is 0 Å². The van der Waals surface area contributed by atoms with Gasteiger partial charge in [-0.15, -0.1) is 0 Å². The average molecular weight is 296 g/mol. The molecule has 1 aliphatic carbocycles. The number of nitrogens with one attached hydrogen (secondary N) is 1. The van der Waals surface area contributed by atoms with E-state index in [2.05, 4.69) is 24.1 Å². The van der Waals surface area contributed by atoms with Gasteiger partial charge in [0.05, 0.1) is 6.61 Å². The molecule has 2 aliphatic rings. The van der Waals surface area contributed by atoms with Gasteiger partial charge in [-0.1, -0.05) is 33.1 Å². The summed E-state index contributed by atoms with van der Waals surface area (Å²) < 4.78 is 5.98. The lowest BCUT2D eigenvalue weighted by atomic mass is 9.84. The van der Waals surface area contributed by atoms with Gasteiger partial charge in [-0.3, -0.25) is 4.90 Å². The van der Waals surface area contributed by atoms with Gasteiger partial charge >= 0.3 is 0 Å². The van der Waals surface area contributed by atoms with Crippen LogP contribution in [0.4, 0.5) is 0 Å². The molecule has 0 radical (unpaired) electrons. The summed E-state index contributed by atoms with van der Waals surface area (Å²) in [6.45, 7) is 9.99. The minimum atomic E-state index is 0.378. The first-order valence-electron chi connectivity index (χ1n) is 9.39. The van der Waals surface area contributed by atoms with Gasteiger partial charge in [-0.2, -0.15) is 0 Å². The summed E-state index contributed by atoms with van der Waals surface area (Å²) in [6.07, 6.45) is 12.1. The second kappa shape index (κ2) is 9.12. The van der Waals surface area contributed by atoms with Gasteiger partial charge in [0.2, 0.25) is 0 Å². The minimum absolute atomic E-state index is 0.378. The third-order valence-electron chi connectivity index (χ3n) is 5.38. The Morgan fingerprint density at radius 3 is 2.33 bits per heavy atom. The zero-order chi connectivity index (χ0) is 15.0. The summed E-state index contributed by atoms with van der Waals surface area (Å²) in [5.41, 5.74) is 0.378. The lowest BCUT2D eigenvalue weighted by molar-refractivity contribution is -0.00188. The van der Waals surface area contributed by atoms with E-state index in [-0.39, 0.29) is 0 Å². The zero-order valence-corrected chi connectivity index (χ0v) is 14.3. The molecule has 0 aromatic heterocycles. The molecular formula is C18H36N2O. The second-order valence-electron chi connectivity index (χ2n) is 6.94. The van der Waals surface area contributed by atoms with E-state index in [0.29, 0.717) is 11.6 Å². The molecule has 1 saturated heterocycles. The SMILES string of the molecule is CCCNC(COCCC)C1(N2CCCCC2)CCCC1. The molecule has 1 unspecified atom stereocenters. The highest BCUT2D eigenvalue weighted by Gasteiger charge is 2.45. The topological polar surface area (TPSA) is 24.5 Å². The molecule has 1 saturated carbocycles. The Bertz CT molecular complexity index is 270. The van der Waals surface area contributed by atoms with Crippen LogP contribution in [-0.2, 0) is 4.74 Å². The molecule has 0 bridgehead atoms. The molecule has 1 aliphatic heterocycles. The maximum absolute atomic E-state index is 5.98. The van der Waals surface area contributed by atoms with Crippen LogP contribution in [0.3, 0.4) is 0 Å². The van der Waals surface area contributed by atoms with Crippen LogP contribution in [0.2, 0.25) is 0 Å². The van der Waals surface area contributed by atoms with Crippen LogP contribution in [0.1, 0.15) is 71.6 Å². The molecule has 21 heavy (non-hydrogen) atoms. The third kappa shape index (κ3) is 4.43. The van der Waals surface area contributed by atoms with Crippen molar-refractivity contribution in [1.82, 2.24) is 10.2 Å². The Labute approximate surface area is 131 Å². The van der Waals surface area contributed by atoms with E-state index in [1.165, 1.54) is 64.5 Å². The van der Waals surface area contributed by atoms with Crippen LogP contribution >= 0.6 is 0 Å². The van der Waals surface area contributed by atoms with Crippen LogP contribution < -0.4 is 5.32 Å². The number of piperidine rings is 1. The lowest BCUT2D eigenvalue weighted by Crippen LogP contribution is -2.62. The number of ether oxygens (including phenoxy) is 1. The Morgan fingerprint density at radius 2 is 1.71 bits per heavy atom. The van der Waals surface area contributed by atoms with Crippen molar-refractivity contribution >= 4 is 0 Å². The Balaban J connectivity index is 2.05. The fourth-order valence-corrected chi connectivity index (χ4v) is 4.28. The second-order valence-corrected chi connectivity index (χ2v) is 6.94. The van der Waals surface area contributed by atoms with E-state index in [0.717, 1.165) is 26.2 Å². The van der Waals surface area contributed by atoms with Crippen molar-refractivity contribution in [2.45, 2.75) is 83.2 Å². The number of nitrogens with zero attached hydrogens (tertiary/aromatic N) is 1. The predicted molar refractivity (Wildman–Crippen MR) is 89.8 cm³/mol. The monoisotopic (exact) mass is 296 g/mol. The molecule has 3 nitrogen and oxygen atoms in total. The van der Waals surface area contributed by atoms with Crippen molar-refractivity contribution in [3.8, 4) is 0 Å². The molecule has 0 amide bonds. The van der Waals surface area contributed by atoms with Crippen molar-refractivity contribution < 1.29 is 4.74 Å². The quantitative estimate of drug-likeness (QED) is 0.658. The zero-order valence-electron chi connectivity index (χ0n) is 14.3. The molecule has 1 N–H and O–H groups in total. The molecule has 3 heteroatoms. The van der Waals surface area contributed by atoms with Gasteiger partial charge < -0.3 is 10.1 Å². The van der Waals surface area contributed by atoms with Crippen molar-refractivity contribution in [3.63, 3.8) is 0 Å². The molecule has 2 fully saturated rings. The molecule has 0 aromatic carbocycles. The van der Waals surface area contributed by atoms with Crippen LogP contribution in [-0.4, -0.2) is 49.3 Å². The summed E-state index contributed by atoms with van der Waals surface area (Å²) in [5.74, 6) is 0. The number of hydrogen-bond donors (Lipinski definition) is 1. The molecule has 2 rings (SSSR count). The number of likely N-dealkylation sites (tertiary alicyclic amines) is 1. The normalized spacial score (nSPS) is 24.3. The Kier molecular flexibility index (Phi) is 7.48. The third-order valence-corrected chi connectivity index (χ3v) is 5.38. The van der Waals surface area contributed by atoms with Gasteiger partial charge in [0.15, 0.2) is 0 Å². The van der Waals surface area contributed by atoms with Gasteiger partial charge in [-0.05, 0) is 58.2 Å². The highest BCUT2D eigenvalue weighted by molar-refractivity contribution is 5.04. The number of hydrogen-bond acceptors (Lipinski definition) is 3. The minimum Gasteiger partial charge on any atom is -0.380 e. The average Bonchev–Trinajstić information content (AvgIpc) is 3.02. The summed E-state index contributed by atoms with van der Waals surface area (Å²) in [4.78, 5) is 2.83. The summed E-state index contributed by atoms with van der Waals surface area (Å²) in [5, 5.41) is 3.84. The van der Waals surface area contributed by atoms with Crippen molar-refractivity contribution in [3.05, 3.63) is 0 Å². The van der Waals surface area contributed by atoms with Crippen molar-refractivity contribution in [2.75, 3.05) is 32.8 Å². The standard InChI is InChI=1S/C18H36N2O/c1-3-12-19-17(16-21-15-4-2)18(10-6-7-11-18)20-13-8-5-9-14-20/h17,19H,3-16H2,1-2H3. The highest BCUT2D eigenvalue weighted by atomic mass is 16.5. The largest absolute Gasteiger partial charge is 0.380 e. The summed E-state index contributed by atoms with van der Waals surface area (Å²) in [7, 11) is 0. The first kappa shape index (κ1) is 17.2. The maximum atomic E-state index is 5.98.